The number of nitrogens with one attached hydrogen (secondary N) is 1. The summed E-state index contributed by atoms with van der Waals surface area (Å²) >= 11 is 0. The van der Waals surface area contributed by atoms with E-state index in [-0.39, 0.29) is 29.5 Å². The van der Waals surface area contributed by atoms with E-state index in [0.29, 0.717) is 19.6 Å². The van der Waals surface area contributed by atoms with Crippen molar-refractivity contribution in [2.45, 2.75) is 51.6 Å². The van der Waals surface area contributed by atoms with E-state index in [0.717, 1.165) is 5.56 Å². The van der Waals surface area contributed by atoms with Gasteiger partial charge in [-0.25, -0.2) is 0 Å². The van der Waals surface area contributed by atoms with Crippen molar-refractivity contribution in [1.29, 1.82) is 0 Å². The molecule has 3 rings (SSSR count). The van der Waals surface area contributed by atoms with E-state index >= 15 is 0 Å². The Balaban J connectivity index is 1.92. The van der Waals surface area contributed by atoms with Gasteiger partial charge < -0.3 is 20.1 Å². The van der Waals surface area contributed by atoms with Crippen LogP contribution in [0.2, 0.25) is 0 Å². The number of anilines is 1. The predicted octanol–water partition coefficient (Wildman–Crippen LogP) is 3.71. The van der Waals surface area contributed by atoms with E-state index < -0.39 is 43.0 Å². The zero-order valence-corrected chi connectivity index (χ0v) is 21.2. The minimum Gasteiger partial charge on any atom is -0.486 e. The van der Waals surface area contributed by atoms with Crippen molar-refractivity contribution in [3.8, 4) is 5.75 Å². The van der Waals surface area contributed by atoms with Gasteiger partial charge in [-0.2, -0.15) is 13.2 Å². The number of ether oxygens (including phenoxy) is 1. The monoisotopic (exact) mass is 522 g/mol. The highest BCUT2D eigenvalue weighted by Gasteiger charge is 2.35. The quantitative estimate of drug-likeness (QED) is 0.522. The van der Waals surface area contributed by atoms with Crippen molar-refractivity contribution in [1.82, 2.24) is 14.8 Å². The van der Waals surface area contributed by atoms with Crippen molar-refractivity contribution in [3.63, 3.8) is 0 Å². The van der Waals surface area contributed by atoms with Crippen LogP contribution in [0.1, 0.15) is 42.6 Å². The Kier molecular flexibility index (Phi) is 9.50. The number of amides is 2. The molecule has 1 aromatic carbocycles. The molecule has 202 valence electrons. The van der Waals surface area contributed by atoms with Gasteiger partial charge in [0.2, 0.25) is 5.91 Å². The van der Waals surface area contributed by atoms with Crippen LogP contribution in [0.15, 0.2) is 42.7 Å². The summed E-state index contributed by atoms with van der Waals surface area (Å²) in [6.07, 6.45) is -3.47. The van der Waals surface area contributed by atoms with Gasteiger partial charge in [0.25, 0.3) is 5.91 Å². The summed E-state index contributed by atoms with van der Waals surface area (Å²) in [5.74, 6) is -1.28. The molecule has 2 aromatic rings. The summed E-state index contributed by atoms with van der Waals surface area (Å²) in [5, 5.41) is 12.3. The molecule has 11 heteroatoms. The number of para-hydroxylation sites is 1. The molecule has 0 spiro atoms. The number of benzene rings is 1. The first-order valence-electron chi connectivity index (χ1n) is 12.1. The fourth-order valence-electron chi connectivity index (χ4n) is 4.20. The molecular formula is C26H33F3N4O4. The molecule has 0 aliphatic carbocycles. The number of halogens is 3. The summed E-state index contributed by atoms with van der Waals surface area (Å²) in [7, 11) is 1.93. The number of aliphatic hydroxyl groups excluding tert-OH is 1. The number of hydrogen-bond acceptors (Lipinski definition) is 6. The van der Waals surface area contributed by atoms with Crippen molar-refractivity contribution in [2.24, 2.45) is 5.92 Å². The maximum atomic E-state index is 13.5. The summed E-state index contributed by atoms with van der Waals surface area (Å²) in [6.45, 7) is 4.85. The second kappa shape index (κ2) is 12.4. The smallest absolute Gasteiger partial charge is 0.389 e. The van der Waals surface area contributed by atoms with Gasteiger partial charge in [0, 0.05) is 44.4 Å². The van der Waals surface area contributed by atoms with Gasteiger partial charge in [-0.15, -0.1) is 0 Å². The minimum absolute atomic E-state index is 0.108. The standard InChI is InChI=1S/C26H33F3N4O4/c1-17-13-33(18(2)16-34)25(36)20-5-4-6-21(31-23(35)7-10-26(27,28)29)24(20)37-22(17)15-32(3)14-19-8-11-30-12-9-19/h4-6,8-9,11-12,17-18,22,34H,7,10,13-16H2,1-3H3,(H,31,35)/t17-,18+,22+/m0/s1. The first kappa shape index (κ1) is 28.4. The molecule has 2 heterocycles. The van der Waals surface area contributed by atoms with E-state index in [9.17, 15) is 27.9 Å². The van der Waals surface area contributed by atoms with Gasteiger partial charge in [-0.3, -0.25) is 19.5 Å². The maximum absolute atomic E-state index is 13.5. The van der Waals surface area contributed by atoms with Crippen LogP contribution >= 0.6 is 0 Å². The average Bonchev–Trinajstić information content (AvgIpc) is 2.85. The molecule has 8 nitrogen and oxygen atoms in total. The molecule has 1 aliphatic rings. The van der Waals surface area contributed by atoms with Crippen LogP contribution < -0.4 is 10.1 Å². The van der Waals surface area contributed by atoms with Crippen molar-refractivity contribution in [2.75, 3.05) is 32.1 Å². The van der Waals surface area contributed by atoms with Gasteiger partial charge in [-0.1, -0.05) is 13.0 Å². The summed E-state index contributed by atoms with van der Waals surface area (Å²) in [6, 6.07) is 7.94. The largest absolute Gasteiger partial charge is 0.486 e. The lowest BCUT2D eigenvalue weighted by Gasteiger charge is -2.38. The third-order valence-corrected chi connectivity index (χ3v) is 6.29. The van der Waals surface area contributed by atoms with Gasteiger partial charge in [0.1, 0.15) is 6.10 Å². The Morgan fingerprint density at radius 1 is 1.30 bits per heavy atom. The Hall–Kier alpha value is -3.18. The maximum Gasteiger partial charge on any atom is 0.389 e. The van der Waals surface area contributed by atoms with Crippen LogP contribution in [0.5, 0.6) is 5.75 Å². The van der Waals surface area contributed by atoms with Crippen LogP contribution in [-0.2, 0) is 11.3 Å². The molecule has 37 heavy (non-hydrogen) atoms. The predicted molar refractivity (Wildman–Crippen MR) is 132 cm³/mol. The molecule has 2 N–H and O–H groups in total. The lowest BCUT2D eigenvalue weighted by molar-refractivity contribution is -0.142. The van der Waals surface area contributed by atoms with Gasteiger partial charge in [0.15, 0.2) is 5.75 Å². The molecule has 0 saturated heterocycles. The second-order valence-corrected chi connectivity index (χ2v) is 9.52. The lowest BCUT2D eigenvalue weighted by atomic mass is 9.98. The Morgan fingerprint density at radius 3 is 2.65 bits per heavy atom. The number of rotatable bonds is 9. The van der Waals surface area contributed by atoms with E-state index in [1.165, 1.54) is 12.1 Å². The third kappa shape index (κ3) is 7.90. The Labute approximate surface area is 214 Å². The van der Waals surface area contributed by atoms with E-state index in [2.05, 4.69) is 15.2 Å². The van der Waals surface area contributed by atoms with Crippen LogP contribution in [0.4, 0.5) is 18.9 Å². The number of carbonyl (C=O) groups is 2. The number of aliphatic hydroxyl groups is 1. The number of carbonyl (C=O) groups excluding carboxylic acids is 2. The first-order valence-corrected chi connectivity index (χ1v) is 12.1. The molecule has 1 aliphatic heterocycles. The third-order valence-electron chi connectivity index (χ3n) is 6.29. The van der Waals surface area contributed by atoms with Gasteiger partial charge >= 0.3 is 6.18 Å². The molecule has 0 unspecified atom stereocenters. The number of alkyl halides is 3. The molecular weight excluding hydrogens is 489 g/mol. The number of aromatic nitrogens is 1. The first-order chi connectivity index (χ1) is 17.5. The van der Waals surface area contributed by atoms with E-state index in [4.69, 9.17) is 4.74 Å². The zero-order valence-electron chi connectivity index (χ0n) is 21.2. The van der Waals surface area contributed by atoms with Gasteiger partial charge in [0.05, 0.1) is 30.3 Å². The van der Waals surface area contributed by atoms with E-state index in [1.54, 1.807) is 30.3 Å². The number of likely N-dealkylation sites (N-methyl/N-ethyl adjacent to an activating group) is 1. The molecule has 0 bridgehead atoms. The number of hydrogen-bond donors (Lipinski definition) is 2. The average molecular weight is 523 g/mol. The SMILES string of the molecule is C[C@H](CO)N1C[C@H](C)[C@@H](CN(C)Cc2ccncc2)Oc2c(NC(=O)CCC(F)(F)F)cccc2C1=O. The van der Waals surface area contributed by atoms with Gasteiger partial charge in [-0.05, 0) is 43.8 Å². The van der Waals surface area contributed by atoms with E-state index in [1.807, 2.05) is 26.1 Å². The lowest BCUT2D eigenvalue weighted by Crippen LogP contribution is -2.49. The Bertz CT molecular complexity index is 1070. The van der Waals surface area contributed by atoms with Crippen molar-refractivity contribution >= 4 is 17.5 Å². The number of nitrogens with zero attached hydrogens (tertiary/aromatic N) is 3. The normalized spacial score (nSPS) is 19.0. The topological polar surface area (TPSA) is 95.0 Å². The molecule has 2 amide bonds. The number of fused-ring (bicyclic) bond motifs is 1. The van der Waals surface area contributed by atoms with Crippen LogP contribution in [-0.4, -0.2) is 76.8 Å². The van der Waals surface area contributed by atoms with Crippen molar-refractivity contribution < 1.29 is 32.6 Å². The van der Waals surface area contributed by atoms with Crippen LogP contribution in [0.3, 0.4) is 0 Å². The summed E-state index contributed by atoms with van der Waals surface area (Å²) in [4.78, 5) is 33.4. The minimum atomic E-state index is -4.46. The molecule has 1 aromatic heterocycles. The number of pyridine rings is 1. The fourth-order valence-corrected chi connectivity index (χ4v) is 4.20. The fraction of sp³-hybridized carbons (Fsp3) is 0.500. The highest BCUT2D eigenvalue weighted by molar-refractivity contribution is 6.01. The van der Waals surface area contributed by atoms with Crippen LogP contribution in [0, 0.1) is 5.92 Å². The second-order valence-electron chi connectivity index (χ2n) is 9.52. The molecule has 0 radical (unpaired) electrons. The van der Waals surface area contributed by atoms with Crippen molar-refractivity contribution in [3.05, 3.63) is 53.9 Å². The Morgan fingerprint density at radius 2 is 2.00 bits per heavy atom. The highest BCUT2D eigenvalue weighted by atomic mass is 19.4. The zero-order chi connectivity index (χ0) is 27.2. The molecule has 3 atom stereocenters. The molecule has 0 saturated carbocycles. The molecule has 0 fully saturated rings. The summed E-state index contributed by atoms with van der Waals surface area (Å²) < 4.78 is 44.2. The van der Waals surface area contributed by atoms with Crippen LogP contribution in [0.25, 0.3) is 0 Å². The highest BCUT2D eigenvalue weighted by Crippen LogP contribution is 2.35. The summed E-state index contributed by atoms with van der Waals surface area (Å²) in [5.41, 5.74) is 1.35.